The highest BCUT2D eigenvalue weighted by molar-refractivity contribution is 7.98. The number of hydrogen-bond donors (Lipinski definition) is 2. The van der Waals surface area contributed by atoms with Gasteiger partial charge in [0.2, 0.25) is 0 Å². The van der Waals surface area contributed by atoms with Gasteiger partial charge < -0.3 is 10.4 Å². The van der Waals surface area contributed by atoms with Crippen molar-refractivity contribution in [3.05, 3.63) is 71.3 Å². The minimum Gasteiger partial charge on any atom is -0.480 e. The van der Waals surface area contributed by atoms with E-state index in [2.05, 4.69) is 42.4 Å². The monoisotopic (exact) mass is 494 g/mol. The summed E-state index contributed by atoms with van der Waals surface area (Å²) in [7, 11) is 2.16. The van der Waals surface area contributed by atoms with E-state index in [-0.39, 0.29) is 5.91 Å². The standard InChI is InChI=1S/C29H38N2O3S/c1-20-10-8-9-13-24(20)26-18-22(19-31(3)21(2)23-11-6-5-7-12-23)14-15-25(26)28(32)30-27(29(33)34)16-17-35-4/h6,8-11,13-15,18,21,23,27H,5,7,12,16-17,19H2,1-4H3,(H,30,32)(H,33,34). The molecule has 2 aromatic carbocycles. The lowest BCUT2D eigenvalue weighted by Gasteiger charge is -2.32. The van der Waals surface area contributed by atoms with Gasteiger partial charge in [0.15, 0.2) is 0 Å². The maximum Gasteiger partial charge on any atom is 0.326 e. The predicted molar refractivity (Wildman–Crippen MR) is 146 cm³/mol. The van der Waals surface area contributed by atoms with Gasteiger partial charge in [0.05, 0.1) is 0 Å². The van der Waals surface area contributed by atoms with E-state index in [1.807, 2.05) is 49.6 Å². The highest BCUT2D eigenvalue weighted by Gasteiger charge is 2.24. The van der Waals surface area contributed by atoms with Crippen LogP contribution in [0, 0.1) is 12.8 Å². The fraction of sp³-hybridized carbons (Fsp3) is 0.448. The van der Waals surface area contributed by atoms with E-state index in [0.29, 0.717) is 29.7 Å². The van der Waals surface area contributed by atoms with Crippen molar-refractivity contribution in [3.63, 3.8) is 0 Å². The summed E-state index contributed by atoms with van der Waals surface area (Å²) in [4.78, 5) is 27.4. The van der Waals surface area contributed by atoms with Gasteiger partial charge in [-0.3, -0.25) is 9.69 Å². The second-order valence-corrected chi connectivity index (χ2v) is 10.5. The zero-order valence-corrected chi connectivity index (χ0v) is 22.1. The van der Waals surface area contributed by atoms with Crippen molar-refractivity contribution in [3.8, 4) is 11.1 Å². The van der Waals surface area contributed by atoms with Crippen molar-refractivity contribution in [2.45, 2.75) is 58.2 Å². The average Bonchev–Trinajstić information content (AvgIpc) is 2.86. The Morgan fingerprint density at radius 3 is 2.63 bits per heavy atom. The second kappa shape index (κ2) is 12.9. The Hall–Kier alpha value is -2.57. The number of hydrogen-bond acceptors (Lipinski definition) is 4. The Kier molecular flexibility index (Phi) is 9.99. The van der Waals surface area contributed by atoms with Crippen molar-refractivity contribution in [2.24, 2.45) is 5.92 Å². The number of nitrogens with one attached hydrogen (secondary N) is 1. The third-order valence-corrected chi connectivity index (χ3v) is 7.66. The molecule has 3 rings (SSSR count). The van der Waals surface area contributed by atoms with Crippen LogP contribution in [0.1, 0.15) is 54.1 Å². The molecule has 0 heterocycles. The van der Waals surface area contributed by atoms with Crippen molar-refractivity contribution >= 4 is 23.6 Å². The van der Waals surface area contributed by atoms with Crippen LogP contribution in [-0.4, -0.2) is 53.0 Å². The van der Waals surface area contributed by atoms with Gasteiger partial charge in [-0.05, 0) is 98.9 Å². The number of rotatable bonds is 11. The number of carbonyl (C=O) groups is 2. The van der Waals surface area contributed by atoms with Gasteiger partial charge in [0.25, 0.3) is 5.91 Å². The summed E-state index contributed by atoms with van der Waals surface area (Å²) in [5.41, 5.74) is 4.53. The maximum absolute atomic E-state index is 13.3. The molecule has 0 saturated carbocycles. The molecule has 6 heteroatoms. The second-order valence-electron chi connectivity index (χ2n) is 9.52. The molecule has 35 heavy (non-hydrogen) atoms. The van der Waals surface area contributed by atoms with Gasteiger partial charge in [-0.2, -0.15) is 11.8 Å². The molecule has 188 valence electrons. The lowest BCUT2D eigenvalue weighted by atomic mass is 9.89. The number of amides is 1. The summed E-state index contributed by atoms with van der Waals surface area (Å²) in [6.07, 6.45) is 10.6. The molecule has 1 aliphatic rings. The van der Waals surface area contributed by atoms with E-state index < -0.39 is 12.0 Å². The van der Waals surface area contributed by atoms with E-state index in [4.69, 9.17) is 0 Å². The van der Waals surface area contributed by atoms with Crippen LogP contribution in [0.15, 0.2) is 54.6 Å². The molecule has 0 spiro atoms. The first kappa shape index (κ1) is 27.0. The summed E-state index contributed by atoms with van der Waals surface area (Å²) in [6.45, 7) is 5.09. The Bertz CT molecular complexity index is 1050. The third-order valence-electron chi connectivity index (χ3n) is 7.02. The smallest absolute Gasteiger partial charge is 0.326 e. The molecule has 0 aliphatic heterocycles. The van der Waals surface area contributed by atoms with Crippen LogP contribution >= 0.6 is 11.8 Å². The summed E-state index contributed by atoms with van der Waals surface area (Å²) in [5, 5.41) is 12.3. The van der Waals surface area contributed by atoms with Crippen molar-refractivity contribution < 1.29 is 14.7 Å². The minimum absolute atomic E-state index is 0.350. The Labute approximate surface area is 214 Å². The topological polar surface area (TPSA) is 69.6 Å². The molecule has 3 atom stereocenters. The molecular weight excluding hydrogens is 456 g/mol. The molecule has 5 nitrogen and oxygen atoms in total. The molecule has 0 saturated heterocycles. The number of benzene rings is 2. The number of allylic oxidation sites excluding steroid dienone is 1. The van der Waals surface area contributed by atoms with Gasteiger partial charge in [-0.1, -0.05) is 42.5 Å². The first-order valence-corrected chi connectivity index (χ1v) is 13.8. The SMILES string of the molecule is CSCCC(NC(=O)c1ccc(CN(C)C(C)C2C=CCCC2)cc1-c1ccccc1C)C(=O)O. The molecule has 2 N–H and O–H groups in total. The average molecular weight is 495 g/mol. The molecule has 0 bridgehead atoms. The van der Waals surface area contributed by atoms with Gasteiger partial charge in [-0.25, -0.2) is 4.79 Å². The summed E-state index contributed by atoms with van der Waals surface area (Å²) in [5.74, 6) is -0.128. The quantitative estimate of drug-likeness (QED) is 0.388. The number of aryl methyl sites for hydroxylation is 1. The largest absolute Gasteiger partial charge is 0.480 e. The number of thioether (sulfide) groups is 1. The van der Waals surface area contributed by atoms with E-state index in [1.54, 1.807) is 11.8 Å². The van der Waals surface area contributed by atoms with E-state index in [9.17, 15) is 14.7 Å². The zero-order chi connectivity index (χ0) is 25.4. The molecule has 2 aromatic rings. The van der Waals surface area contributed by atoms with Gasteiger partial charge in [-0.15, -0.1) is 0 Å². The van der Waals surface area contributed by atoms with Crippen LogP contribution in [0.25, 0.3) is 11.1 Å². The van der Waals surface area contributed by atoms with Crippen LogP contribution in [0.4, 0.5) is 0 Å². The minimum atomic E-state index is -1.01. The number of nitrogens with zero attached hydrogens (tertiary/aromatic N) is 1. The zero-order valence-electron chi connectivity index (χ0n) is 21.3. The van der Waals surface area contributed by atoms with Crippen molar-refractivity contribution in [2.75, 3.05) is 19.1 Å². The van der Waals surface area contributed by atoms with Crippen LogP contribution in [-0.2, 0) is 11.3 Å². The first-order chi connectivity index (χ1) is 16.8. The summed E-state index contributed by atoms with van der Waals surface area (Å²) >= 11 is 1.57. The van der Waals surface area contributed by atoms with Crippen LogP contribution in [0.2, 0.25) is 0 Å². The van der Waals surface area contributed by atoms with E-state index >= 15 is 0 Å². The predicted octanol–water partition coefficient (Wildman–Crippen LogP) is 5.77. The third kappa shape index (κ3) is 7.21. The maximum atomic E-state index is 13.3. The molecular formula is C29H38N2O3S. The first-order valence-electron chi connectivity index (χ1n) is 12.4. The number of carboxylic acids is 1. The Balaban J connectivity index is 1.89. The molecule has 0 radical (unpaired) electrons. The molecule has 1 aliphatic carbocycles. The summed E-state index contributed by atoms with van der Waals surface area (Å²) < 4.78 is 0. The van der Waals surface area contributed by atoms with E-state index in [0.717, 1.165) is 28.8 Å². The molecule has 0 aromatic heterocycles. The normalized spacial score (nSPS) is 17.2. The Morgan fingerprint density at radius 1 is 1.20 bits per heavy atom. The van der Waals surface area contributed by atoms with Gasteiger partial charge in [0.1, 0.15) is 6.04 Å². The molecule has 3 unspecified atom stereocenters. The van der Waals surface area contributed by atoms with Crippen LogP contribution < -0.4 is 5.32 Å². The van der Waals surface area contributed by atoms with E-state index in [1.165, 1.54) is 19.3 Å². The van der Waals surface area contributed by atoms with Crippen LogP contribution in [0.3, 0.4) is 0 Å². The van der Waals surface area contributed by atoms with Gasteiger partial charge in [0, 0.05) is 18.2 Å². The van der Waals surface area contributed by atoms with Crippen molar-refractivity contribution in [1.29, 1.82) is 0 Å². The Morgan fingerprint density at radius 2 is 1.97 bits per heavy atom. The summed E-state index contributed by atoms with van der Waals surface area (Å²) in [6, 6.07) is 13.5. The fourth-order valence-corrected chi connectivity index (χ4v) is 5.19. The highest BCUT2D eigenvalue weighted by Crippen LogP contribution is 2.30. The lowest BCUT2D eigenvalue weighted by Crippen LogP contribution is -2.41. The number of aliphatic carboxylic acids is 1. The lowest BCUT2D eigenvalue weighted by molar-refractivity contribution is -0.139. The highest BCUT2D eigenvalue weighted by atomic mass is 32.2. The number of carboxylic acid groups (broad SMARTS) is 1. The fourth-order valence-electron chi connectivity index (χ4n) is 4.71. The molecule has 1 amide bonds. The molecule has 0 fully saturated rings. The van der Waals surface area contributed by atoms with Crippen LogP contribution in [0.5, 0.6) is 0 Å². The van der Waals surface area contributed by atoms with Crippen molar-refractivity contribution in [1.82, 2.24) is 10.2 Å². The number of carbonyl (C=O) groups excluding carboxylic acids is 1. The van der Waals surface area contributed by atoms with Gasteiger partial charge >= 0.3 is 5.97 Å².